The lowest BCUT2D eigenvalue weighted by molar-refractivity contribution is -0.132. The van der Waals surface area contributed by atoms with Crippen molar-refractivity contribution in [3.05, 3.63) is 70.8 Å². The van der Waals surface area contributed by atoms with Crippen LogP contribution in [0.25, 0.3) is 11.0 Å². The highest BCUT2D eigenvalue weighted by Crippen LogP contribution is 2.19. The molecule has 0 aliphatic rings. The van der Waals surface area contributed by atoms with Crippen LogP contribution in [0.3, 0.4) is 0 Å². The minimum Gasteiger partial charge on any atom is -0.492 e. The molecule has 0 spiro atoms. The molecule has 7 heteroatoms. The van der Waals surface area contributed by atoms with Crippen LogP contribution in [-0.2, 0) is 4.79 Å². The summed E-state index contributed by atoms with van der Waals surface area (Å²) in [5.74, 6) is 0.402. The predicted molar refractivity (Wildman–Crippen MR) is 97.5 cm³/mol. The average Bonchev–Trinajstić information content (AvgIpc) is 2.67. The van der Waals surface area contributed by atoms with E-state index in [-0.39, 0.29) is 24.9 Å². The number of rotatable bonds is 7. The minimum absolute atomic E-state index is 0.157. The van der Waals surface area contributed by atoms with Gasteiger partial charge in [0.1, 0.15) is 29.5 Å². The van der Waals surface area contributed by atoms with E-state index in [2.05, 4.69) is 0 Å². The Morgan fingerprint density at radius 1 is 1.04 bits per heavy atom. The molecule has 0 saturated carbocycles. The van der Waals surface area contributed by atoms with E-state index in [9.17, 15) is 14.0 Å². The highest BCUT2D eigenvalue weighted by Gasteiger charge is 2.10. The van der Waals surface area contributed by atoms with Crippen LogP contribution in [0.5, 0.6) is 11.5 Å². The summed E-state index contributed by atoms with van der Waals surface area (Å²) in [5.41, 5.74) is -0.0508. The molecule has 0 aliphatic carbocycles. The Hall–Kier alpha value is -3.35. The zero-order valence-corrected chi connectivity index (χ0v) is 14.7. The lowest BCUT2D eigenvalue weighted by atomic mass is 10.2. The molecule has 0 aliphatic heterocycles. The Balaban J connectivity index is 1.48. The first kappa shape index (κ1) is 18.4. The molecular weight excluding hydrogens is 353 g/mol. The van der Waals surface area contributed by atoms with Gasteiger partial charge in [-0.05, 0) is 42.5 Å². The largest absolute Gasteiger partial charge is 0.492 e. The summed E-state index contributed by atoms with van der Waals surface area (Å²) < 4.78 is 28.9. The van der Waals surface area contributed by atoms with Gasteiger partial charge in [0.2, 0.25) is 0 Å². The second-order valence-corrected chi connectivity index (χ2v) is 5.86. The van der Waals surface area contributed by atoms with Crippen molar-refractivity contribution in [2.45, 2.75) is 0 Å². The lowest BCUT2D eigenvalue weighted by Gasteiger charge is -2.18. The van der Waals surface area contributed by atoms with E-state index < -0.39 is 5.63 Å². The van der Waals surface area contributed by atoms with Crippen LogP contribution >= 0.6 is 0 Å². The smallest absolute Gasteiger partial charge is 0.336 e. The topological polar surface area (TPSA) is 69.0 Å². The Morgan fingerprint density at radius 2 is 1.74 bits per heavy atom. The van der Waals surface area contributed by atoms with Gasteiger partial charge in [-0.2, -0.15) is 0 Å². The van der Waals surface area contributed by atoms with Crippen molar-refractivity contribution in [3.8, 4) is 11.5 Å². The molecule has 1 heterocycles. The van der Waals surface area contributed by atoms with E-state index in [1.54, 1.807) is 31.3 Å². The molecule has 0 unspecified atom stereocenters. The minimum atomic E-state index is -0.448. The number of carbonyl (C=O) groups is 1. The summed E-state index contributed by atoms with van der Waals surface area (Å²) in [6.45, 7) is 0.469. The second kappa shape index (κ2) is 8.35. The number of carbonyl (C=O) groups excluding carboxylic acids is 1. The molecule has 0 bridgehead atoms. The van der Waals surface area contributed by atoms with Crippen LogP contribution in [0, 0.1) is 5.82 Å². The van der Waals surface area contributed by atoms with Gasteiger partial charge in [-0.25, -0.2) is 9.18 Å². The summed E-state index contributed by atoms with van der Waals surface area (Å²) in [6.07, 6.45) is 0. The fourth-order valence-corrected chi connectivity index (χ4v) is 2.34. The summed E-state index contributed by atoms with van der Waals surface area (Å²) in [4.78, 5) is 24.9. The number of hydrogen-bond donors (Lipinski definition) is 0. The lowest BCUT2D eigenvalue weighted by Crippen LogP contribution is -2.34. The first-order valence-corrected chi connectivity index (χ1v) is 8.30. The van der Waals surface area contributed by atoms with Crippen molar-refractivity contribution in [3.63, 3.8) is 0 Å². The number of benzene rings is 2. The van der Waals surface area contributed by atoms with E-state index >= 15 is 0 Å². The van der Waals surface area contributed by atoms with Crippen LogP contribution in [0.4, 0.5) is 4.39 Å². The second-order valence-electron chi connectivity index (χ2n) is 5.86. The molecule has 140 valence electrons. The Labute approximate surface area is 154 Å². The summed E-state index contributed by atoms with van der Waals surface area (Å²) in [6, 6.07) is 13.7. The third-order valence-electron chi connectivity index (χ3n) is 3.89. The highest BCUT2D eigenvalue weighted by atomic mass is 19.1. The van der Waals surface area contributed by atoms with Crippen LogP contribution < -0.4 is 15.1 Å². The number of likely N-dealkylation sites (N-methyl/N-ethyl adjacent to an activating group) is 1. The number of ether oxygens (including phenoxy) is 2. The fraction of sp³-hybridized carbons (Fsp3) is 0.200. The molecule has 2 aromatic carbocycles. The predicted octanol–water partition coefficient (Wildman–Crippen LogP) is 2.85. The molecule has 3 rings (SSSR count). The number of nitrogens with zero attached hydrogens (tertiary/aromatic N) is 1. The molecule has 1 aromatic heterocycles. The maximum Gasteiger partial charge on any atom is 0.336 e. The average molecular weight is 371 g/mol. The van der Waals surface area contributed by atoms with E-state index in [1.807, 2.05) is 0 Å². The number of amides is 1. The van der Waals surface area contributed by atoms with Gasteiger partial charge in [-0.3, -0.25) is 4.79 Å². The van der Waals surface area contributed by atoms with E-state index in [4.69, 9.17) is 13.9 Å². The van der Waals surface area contributed by atoms with Gasteiger partial charge in [-0.1, -0.05) is 0 Å². The van der Waals surface area contributed by atoms with Crippen molar-refractivity contribution in [2.75, 3.05) is 26.8 Å². The third kappa shape index (κ3) is 5.07. The van der Waals surface area contributed by atoms with E-state index in [0.717, 1.165) is 5.39 Å². The van der Waals surface area contributed by atoms with Crippen LogP contribution in [0.1, 0.15) is 0 Å². The van der Waals surface area contributed by atoms with Crippen molar-refractivity contribution in [2.24, 2.45) is 0 Å². The molecular formula is C20H18FNO5. The monoisotopic (exact) mass is 371 g/mol. The van der Waals surface area contributed by atoms with Gasteiger partial charge < -0.3 is 18.8 Å². The molecule has 0 N–H and O–H groups in total. The molecule has 0 atom stereocenters. The van der Waals surface area contributed by atoms with Crippen LogP contribution in [-0.4, -0.2) is 37.6 Å². The van der Waals surface area contributed by atoms with Crippen LogP contribution in [0.2, 0.25) is 0 Å². The molecule has 0 radical (unpaired) electrons. The molecule has 27 heavy (non-hydrogen) atoms. The first-order valence-electron chi connectivity index (χ1n) is 8.30. The van der Waals surface area contributed by atoms with Gasteiger partial charge >= 0.3 is 5.63 Å². The maximum absolute atomic E-state index is 12.8. The van der Waals surface area contributed by atoms with Crippen molar-refractivity contribution in [1.82, 2.24) is 4.90 Å². The van der Waals surface area contributed by atoms with Gasteiger partial charge in [0.15, 0.2) is 6.61 Å². The van der Waals surface area contributed by atoms with Crippen molar-refractivity contribution >= 4 is 16.9 Å². The zero-order valence-electron chi connectivity index (χ0n) is 14.7. The highest BCUT2D eigenvalue weighted by molar-refractivity contribution is 5.79. The zero-order chi connectivity index (χ0) is 19.2. The van der Waals surface area contributed by atoms with Gasteiger partial charge in [0.05, 0.1) is 6.54 Å². The van der Waals surface area contributed by atoms with E-state index in [1.165, 1.54) is 35.2 Å². The molecule has 0 fully saturated rings. The number of fused-ring (bicyclic) bond motifs is 1. The van der Waals surface area contributed by atoms with Gasteiger partial charge in [-0.15, -0.1) is 0 Å². The molecule has 1 amide bonds. The third-order valence-corrected chi connectivity index (χ3v) is 3.89. The Bertz CT molecular complexity index is 984. The Morgan fingerprint density at radius 3 is 2.52 bits per heavy atom. The standard InChI is InChI=1S/C20H18FNO5/c1-22(10-11-25-16-7-4-15(21)5-8-16)19(23)13-26-17-6-2-14-3-9-20(24)27-18(14)12-17/h2-9,12H,10-11,13H2,1H3. The van der Waals surface area contributed by atoms with E-state index in [0.29, 0.717) is 23.6 Å². The van der Waals surface area contributed by atoms with Crippen molar-refractivity contribution < 1.29 is 23.1 Å². The molecule has 0 saturated heterocycles. The maximum atomic E-state index is 12.8. The normalized spacial score (nSPS) is 10.6. The van der Waals surface area contributed by atoms with Gasteiger partial charge in [0.25, 0.3) is 5.91 Å². The number of halogens is 1. The molecule has 3 aromatic rings. The quantitative estimate of drug-likeness (QED) is 0.598. The summed E-state index contributed by atoms with van der Waals surface area (Å²) in [7, 11) is 1.64. The SMILES string of the molecule is CN(CCOc1ccc(F)cc1)C(=O)COc1ccc2ccc(=O)oc2c1. The van der Waals surface area contributed by atoms with Crippen molar-refractivity contribution in [1.29, 1.82) is 0 Å². The first-order chi connectivity index (χ1) is 13.0. The number of hydrogen-bond acceptors (Lipinski definition) is 5. The van der Waals surface area contributed by atoms with Crippen LogP contribution in [0.15, 0.2) is 63.8 Å². The van der Waals surface area contributed by atoms with Gasteiger partial charge in [0, 0.05) is 24.6 Å². The Kier molecular flexibility index (Phi) is 5.71. The summed E-state index contributed by atoms with van der Waals surface area (Å²) >= 11 is 0. The molecule has 6 nitrogen and oxygen atoms in total. The summed E-state index contributed by atoms with van der Waals surface area (Å²) in [5, 5.41) is 0.767. The fourth-order valence-electron chi connectivity index (χ4n) is 2.34.